The van der Waals surface area contributed by atoms with Crippen LogP contribution in [0.4, 0.5) is 5.82 Å². The summed E-state index contributed by atoms with van der Waals surface area (Å²) in [5.41, 5.74) is 7.94. The number of nitrogen functional groups attached to an aromatic ring is 1. The molecule has 2 heterocycles. The minimum absolute atomic E-state index is 0.562. The van der Waals surface area contributed by atoms with Crippen LogP contribution in [0.15, 0.2) is 16.5 Å². The molecule has 5 heteroatoms. The molecule has 0 saturated carbocycles. The number of furan rings is 1. The Hall–Kier alpha value is -1.88. The van der Waals surface area contributed by atoms with E-state index in [1.807, 2.05) is 33.0 Å². The predicted octanol–water partition coefficient (Wildman–Crippen LogP) is 1.77. The summed E-state index contributed by atoms with van der Waals surface area (Å²) in [5, 5.41) is 3.10. The van der Waals surface area contributed by atoms with Crippen LogP contribution in [-0.2, 0) is 19.4 Å². The van der Waals surface area contributed by atoms with Crippen LogP contribution in [0.1, 0.15) is 28.6 Å². The molecule has 0 radical (unpaired) electrons. The molecule has 0 fully saturated rings. The second-order valence-corrected chi connectivity index (χ2v) is 4.62. The van der Waals surface area contributed by atoms with Crippen LogP contribution in [0.3, 0.4) is 0 Å². The molecule has 2 aromatic heterocycles. The largest absolute Gasteiger partial charge is 0.466 e. The molecule has 0 bridgehead atoms. The topological polar surface area (TPSA) is 77.0 Å². The van der Waals surface area contributed by atoms with E-state index in [1.54, 1.807) is 0 Å². The Bertz CT molecular complexity index is 563. The Balaban J connectivity index is 2.18. The number of nitrogens with one attached hydrogen (secondary N) is 1. The lowest BCUT2D eigenvalue weighted by molar-refractivity contribution is 0.481. The van der Waals surface area contributed by atoms with Gasteiger partial charge in [-0.3, -0.25) is 0 Å². The van der Waals surface area contributed by atoms with Crippen LogP contribution >= 0.6 is 0 Å². The van der Waals surface area contributed by atoms with E-state index < -0.39 is 0 Å². The fraction of sp³-hybridized carbons (Fsp3) is 0.429. The van der Waals surface area contributed by atoms with Crippen molar-refractivity contribution in [2.24, 2.45) is 0 Å². The zero-order valence-electron chi connectivity index (χ0n) is 11.7. The minimum Gasteiger partial charge on any atom is -0.466 e. The number of hydrogen-bond acceptors (Lipinski definition) is 5. The average Bonchev–Trinajstić information content (AvgIpc) is 2.76. The van der Waals surface area contributed by atoms with E-state index in [4.69, 9.17) is 10.2 Å². The molecule has 3 N–H and O–H groups in total. The highest BCUT2D eigenvalue weighted by Crippen LogP contribution is 2.17. The van der Waals surface area contributed by atoms with Gasteiger partial charge in [-0.1, -0.05) is 0 Å². The monoisotopic (exact) mass is 260 g/mol. The van der Waals surface area contributed by atoms with E-state index in [1.165, 1.54) is 0 Å². The van der Waals surface area contributed by atoms with Gasteiger partial charge in [0, 0.05) is 18.5 Å². The Labute approximate surface area is 113 Å². The van der Waals surface area contributed by atoms with Crippen molar-refractivity contribution >= 4 is 5.82 Å². The lowest BCUT2D eigenvalue weighted by Crippen LogP contribution is -2.14. The number of anilines is 1. The third-order valence-corrected chi connectivity index (χ3v) is 2.99. The van der Waals surface area contributed by atoms with Crippen LogP contribution in [-0.4, -0.2) is 17.0 Å². The third-order valence-electron chi connectivity index (χ3n) is 2.99. The average molecular weight is 260 g/mol. The highest BCUT2D eigenvalue weighted by molar-refractivity contribution is 5.42. The number of aromatic nitrogens is 2. The number of nitrogens with two attached hydrogens (primary N) is 1. The van der Waals surface area contributed by atoms with Crippen molar-refractivity contribution in [2.45, 2.75) is 33.2 Å². The van der Waals surface area contributed by atoms with Crippen molar-refractivity contribution in [1.82, 2.24) is 15.3 Å². The standard InChI is InChI=1S/C14H20N4O/c1-9-4-5-11(19-9)6-7-13-12(8-16-3)14(15)18-10(2)17-13/h4-5,16H,6-8H2,1-3H3,(H2,15,17,18). The maximum absolute atomic E-state index is 5.97. The Morgan fingerprint density at radius 3 is 2.63 bits per heavy atom. The zero-order chi connectivity index (χ0) is 13.8. The molecule has 0 atom stereocenters. The molecule has 0 aromatic carbocycles. The number of nitrogens with zero attached hydrogens (tertiary/aromatic N) is 2. The fourth-order valence-corrected chi connectivity index (χ4v) is 2.11. The zero-order valence-corrected chi connectivity index (χ0v) is 11.7. The second-order valence-electron chi connectivity index (χ2n) is 4.62. The summed E-state index contributed by atoms with van der Waals surface area (Å²) in [7, 11) is 1.89. The maximum atomic E-state index is 5.97. The molecule has 0 aliphatic carbocycles. The van der Waals surface area contributed by atoms with E-state index in [-0.39, 0.29) is 0 Å². The van der Waals surface area contributed by atoms with Crippen LogP contribution in [0.25, 0.3) is 0 Å². The molecule has 0 aliphatic rings. The van der Waals surface area contributed by atoms with E-state index in [2.05, 4.69) is 15.3 Å². The van der Waals surface area contributed by atoms with E-state index in [9.17, 15) is 0 Å². The lowest BCUT2D eigenvalue weighted by atomic mass is 10.1. The van der Waals surface area contributed by atoms with E-state index in [0.717, 1.165) is 35.6 Å². The van der Waals surface area contributed by atoms with Gasteiger partial charge in [-0.2, -0.15) is 0 Å². The summed E-state index contributed by atoms with van der Waals surface area (Å²) in [4.78, 5) is 8.72. The maximum Gasteiger partial charge on any atom is 0.131 e. The smallest absolute Gasteiger partial charge is 0.131 e. The molecule has 0 amide bonds. The van der Waals surface area contributed by atoms with Gasteiger partial charge in [0.05, 0.1) is 5.69 Å². The van der Waals surface area contributed by atoms with Crippen LogP contribution < -0.4 is 11.1 Å². The molecule has 0 aliphatic heterocycles. The fourth-order valence-electron chi connectivity index (χ4n) is 2.11. The van der Waals surface area contributed by atoms with Crippen molar-refractivity contribution in [3.8, 4) is 0 Å². The summed E-state index contributed by atoms with van der Waals surface area (Å²) < 4.78 is 5.58. The SMILES string of the molecule is CNCc1c(N)nc(C)nc1CCc1ccc(C)o1. The molecule has 102 valence electrons. The van der Waals surface area contributed by atoms with Gasteiger partial charge in [0.15, 0.2) is 0 Å². The minimum atomic E-state index is 0.562. The molecule has 5 nitrogen and oxygen atoms in total. The first-order valence-electron chi connectivity index (χ1n) is 6.42. The normalized spacial score (nSPS) is 10.9. The molecule has 2 aromatic rings. The molecule has 0 spiro atoms. The Kier molecular flexibility index (Phi) is 4.16. The highest BCUT2D eigenvalue weighted by atomic mass is 16.3. The van der Waals surface area contributed by atoms with Crippen molar-refractivity contribution in [1.29, 1.82) is 0 Å². The van der Waals surface area contributed by atoms with Crippen LogP contribution in [0.2, 0.25) is 0 Å². The van der Waals surface area contributed by atoms with E-state index in [0.29, 0.717) is 18.2 Å². The summed E-state index contributed by atoms with van der Waals surface area (Å²) >= 11 is 0. The van der Waals surface area contributed by atoms with Crippen LogP contribution in [0.5, 0.6) is 0 Å². The molecule has 19 heavy (non-hydrogen) atoms. The number of hydrogen-bond donors (Lipinski definition) is 2. The van der Waals surface area contributed by atoms with Gasteiger partial charge in [-0.15, -0.1) is 0 Å². The van der Waals surface area contributed by atoms with Gasteiger partial charge in [0.1, 0.15) is 23.2 Å². The van der Waals surface area contributed by atoms with Crippen molar-refractivity contribution in [3.05, 3.63) is 40.7 Å². The first kappa shape index (κ1) is 13.5. The summed E-state index contributed by atoms with van der Waals surface area (Å²) in [5.74, 6) is 3.18. The Morgan fingerprint density at radius 1 is 1.21 bits per heavy atom. The predicted molar refractivity (Wildman–Crippen MR) is 74.8 cm³/mol. The number of aryl methyl sites for hydroxylation is 4. The Morgan fingerprint density at radius 2 is 2.00 bits per heavy atom. The molecular formula is C14H20N4O. The van der Waals surface area contributed by atoms with Crippen molar-refractivity contribution in [3.63, 3.8) is 0 Å². The van der Waals surface area contributed by atoms with Gasteiger partial charge in [-0.25, -0.2) is 9.97 Å². The molecule has 0 saturated heterocycles. The van der Waals surface area contributed by atoms with E-state index >= 15 is 0 Å². The van der Waals surface area contributed by atoms with Gasteiger partial charge in [0.25, 0.3) is 0 Å². The summed E-state index contributed by atoms with van der Waals surface area (Å²) in [6.45, 7) is 4.49. The highest BCUT2D eigenvalue weighted by Gasteiger charge is 2.11. The second kappa shape index (κ2) is 5.84. The lowest BCUT2D eigenvalue weighted by Gasteiger charge is -2.11. The quantitative estimate of drug-likeness (QED) is 0.856. The first-order chi connectivity index (χ1) is 9.10. The summed E-state index contributed by atoms with van der Waals surface area (Å²) in [6.07, 6.45) is 1.62. The molecule has 2 rings (SSSR count). The van der Waals surface area contributed by atoms with Gasteiger partial charge < -0.3 is 15.5 Å². The van der Waals surface area contributed by atoms with Crippen LogP contribution in [0, 0.1) is 13.8 Å². The first-order valence-corrected chi connectivity index (χ1v) is 6.42. The number of rotatable bonds is 5. The summed E-state index contributed by atoms with van der Waals surface area (Å²) in [6, 6.07) is 3.98. The van der Waals surface area contributed by atoms with Gasteiger partial charge in [0.2, 0.25) is 0 Å². The molecular weight excluding hydrogens is 240 g/mol. The molecule has 0 unspecified atom stereocenters. The van der Waals surface area contributed by atoms with Crippen molar-refractivity contribution < 1.29 is 4.42 Å². The third kappa shape index (κ3) is 3.32. The van der Waals surface area contributed by atoms with Gasteiger partial charge >= 0.3 is 0 Å². The van der Waals surface area contributed by atoms with Crippen molar-refractivity contribution in [2.75, 3.05) is 12.8 Å². The van der Waals surface area contributed by atoms with Gasteiger partial charge in [-0.05, 0) is 39.4 Å².